The molecule has 0 radical (unpaired) electrons. The minimum absolute atomic E-state index is 0.0159. The van der Waals surface area contributed by atoms with Crippen molar-refractivity contribution in [3.63, 3.8) is 0 Å². The lowest BCUT2D eigenvalue weighted by Crippen LogP contribution is -2.37. The second-order valence-corrected chi connectivity index (χ2v) is 11.7. The molecular weight excluding hydrogens is 477 g/mol. The van der Waals surface area contributed by atoms with Gasteiger partial charge < -0.3 is 14.7 Å². The molecule has 0 amide bonds. The molecule has 0 bridgehead atoms. The Balaban J connectivity index is 2.17. The summed E-state index contributed by atoms with van der Waals surface area (Å²) in [6, 6.07) is 9.78. The summed E-state index contributed by atoms with van der Waals surface area (Å²) in [4.78, 5) is 14.2. The maximum atomic E-state index is 13.7. The first-order valence-electron chi connectivity index (χ1n) is 11.5. The Morgan fingerprint density at radius 2 is 1.94 bits per heavy atom. The third kappa shape index (κ3) is 6.00. The number of halogens is 1. The molecule has 6 nitrogen and oxygen atoms in total. The number of carboxylic acid groups (broad SMARTS) is 1. The average molecular weight is 512 g/mol. The van der Waals surface area contributed by atoms with Crippen molar-refractivity contribution < 1.29 is 28.1 Å². The van der Waals surface area contributed by atoms with Crippen LogP contribution in [0.25, 0.3) is 0 Å². The standard InChI is InChI=1S/C25H34FNO5S2/c1-4-6-12-25(5-2)16-27(19-9-7-18(26)8-10-19)20-14-22(33-3)21(32-13-11-24(28)29)15-23(20)34(30,31)17-25/h7-10,14-15,30-31H,4-6,11-13,16-17H2,1-3H3,(H,28,29). The topological polar surface area (TPSA) is 90.2 Å². The molecule has 0 aromatic heterocycles. The van der Waals surface area contributed by atoms with Crippen LogP contribution in [0.2, 0.25) is 0 Å². The summed E-state index contributed by atoms with van der Waals surface area (Å²) in [5.74, 6) is -0.628. The van der Waals surface area contributed by atoms with Crippen LogP contribution < -0.4 is 9.64 Å². The average Bonchev–Trinajstić information content (AvgIpc) is 2.90. The monoisotopic (exact) mass is 511 g/mol. The first-order chi connectivity index (χ1) is 16.1. The summed E-state index contributed by atoms with van der Waals surface area (Å²) in [6.07, 6.45) is 5.32. The molecule has 3 rings (SSSR count). The van der Waals surface area contributed by atoms with Crippen LogP contribution in [0.4, 0.5) is 15.8 Å². The van der Waals surface area contributed by atoms with E-state index in [0.29, 0.717) is 22.9 Å². The van der Waals surface area contributed by atoms with Crippen molar-refractivity contribution in [2.24, 2.45) is 5.41 Å². The van der Waals surface area contributed by atoms with E-state index in [2.05, 4.69) is 18.7 Å². The zero-order valence-electron chi connectivity index (χ0n) is 19.9. The fourth-order valence-corrected chi connectivity index (χ4v) is 7.24. The minimum atomic E-state index is -3.19. The smallest absolute Gasteiger partial charge is 0.306 e. The lowest BCUT2D eigenvalue weighted by molar-refractivity contribution is -0.137. The zero-order valence-corrected chi connectivity index (χ0v) is 21.6. The van der Waals surface area contributed by atoms with Gasteiger partial charge >= 0.3 is 5.97 Å². The second kappa shape index (κ2) is 11.2. The van der Waals surface area contributed by atoms with Gasteiger partial charge in [-0.1, -0.05) is 26.7 Å². The van der Waals surface area contributed by atoms with Gasteiger partial charge in [-0.2, -0.15) is 10.6 Å². The fraction of sp³-hybridized carbons (Fsp3) is 0.480. The number of thioether (sulfide) groups is 1. The Labute approximate surface area is 206 Å². The van der Waals surface area contributed by atoms with E-state index in [-0.39, 0.29) is 30.0 Å². The van der Waals surface area contributed by atoms with Crippen LogP contribution in [-0.2, 0) is 4.79 Å². The van der Waals surface area contributed by atoms with Gasteiger partial charge in [0.15, 0.2) is 0 Å². The third-order valence-electron chi connectivity index (χ3n) is 6.41. The minimum Gasteiger partial charge on any atom is -0.492 e. The maximum absolute atomic E-state index is 13.7. The molecule has 1 heterocycles. The predicted molar refractivity (Wildman–Crippen MR) is 138 cm³/mol. The lowest BCUT2D eigenvalue weighted by Gasteiger charge is -2.41. The van der Waals surface area contributed by atoms with Crippen LogP contribution in [0.1, 0.15) is 46.0 Å². The van der Waals surface area contributed by atoms with Gasteiger partial charge in [0.1, 0.15) is 11.6 Å². The molecule has 2 aromatic rings. The molecule has 34 heavy (non-hydrogen) atoms. The highest BCUT2D eigenvalue weighted by molar-refractivity contribution is 8.24. The number of hydrogen-bond acceptors (Lipinski definition) is 6. The van der Waals surface area contributed by atoms with Crippen molar-refractivity contribution in [2.75, 3.05) is 30.1 Å². The van der Waals surface area contributed by atoms with Crippen LogP contribution in [0.3, 0.4) is 0 Å². The number of aliphatic carboxylic acids is 1. The highest BCUT2D eigenvalue weighted by Crippen LogP contribution is 2.62. The van der Waals surface area contributed by atoms with Crippen molar-refractivity contribution in [2.45, 2.75) is 55.7 Å². The molecule has 1 atom stereocenters. The SMILES string of the molecule is CCCCC1(CC)CN(c2ccc(F)cc2)c2cc(SC)c(OCCC(=O)O)cc2S(O)(O)C1. The van der Waals surface area contributed by atoms with E-state index >= 15 is 0 Å². The number of hydrogen-bond donors (Lipinski definition) is 3. The Bertz CT molecular complexity index is 1000. The van der Waals surface area contributed by atoms with E-state index < -0.39 is 16.6 Å². The van der Waals surface area contributed by atoms with Gasteiger partial charge in [-0.25, -0.2) is 4.39 Å². The van der Waals surface area contributed by atoms with Gasteiger partial charge in [0.25, 0.3) is 0 Å². The summed E-state index contributed by atoms with van der Waals surface area (Å²) in [5.41, 5.74) is 1.10. The largest absolute Gasteiger partial charge is 0.492 e. The summed E-state index contributed by atoms with van der Waals surface area (Å²) < 4.78 is 42.4. The second-order valence-electron chi connectivity index (χ2n) is 8.79. The molecule has 188 valence electrons. The number of carbonyl (C=O) groups is 1. The van der Waals surface area contributed by atoms with E-state index in [1.54, 1.807) is 18.2 Å². The molecule has 9 heteroatoms. The van der Waals surface area contributed by atoms with E-state index in [9.17, 15) is 18.3 Å². The summed E-state index contributed by atoms with van der Waals surface area (Å²) >= 11 is 1.44. The van der Waals surface area contributed by atoms with Crippen LogP contribution >= 0.6 is 22.4 Å². The Morgan fingerprint density at radius 3 is 2.53 bits per heavy atom. The number of unbranched alkanes of at least 4 members (excludes halogenated alkanes) is 1. The Morgan fingerprint density at radius 1 is 1.24 bits per heavy atom. The molecule has 1 unspecified atom stereocenters. The van der Waals surface area contributed by atoms with Crippen LogP contribution in [0, 0.1) is 11.2 Å². The number of rotatable bonds is 10. The molecule has 1 aliphatic rings. The fourth-order valence-electron chi connectivity index (χ4n) is 4.44. The molecule has 0 fully saturated rings. The van der Waals surface area contributed by atoms with Crippen molar-refractivity contribution in [1.82, 2.24) is 0 Å². The van der Waals surface area contributed by atoms with Gasteiger partial charge in [-0.05, 0) is 49.4 Å². The number of nitrogens with zero attached hydrogens (tertiary/aromatic N) is 1. The number of anilines is 2. The van der Waals surface area contributed by atoms with Crippen molar-refractivity contribution >= 4 is 39.7 Å². The zero-order chi connectivity index (χ0) is 24.9. The number of ether oxygens (including phenoxy) is 1. The molecule has 3 N–H and O–H groups in total. The van der Waals surface area contributed by atoms with Crippen LogP contribution in [0.5, 0.6) is 5.75 Å². The van der Waals surface area contributed by atoms with E-state index in [1.165, 1.54) is 23.9 Å². The van der Waals surface area contributed by atoms with Gasteiger partial charge in [0.2, 0.25) is 0 Å². The molecule has 1 aliphatic heterocycles. The number of carboxylic acids is 1. The van der Waals surface area contributed by atoms with Crippen LogP contribution in [0.15, 0.2) is 46.2 Å². The normalized spacial score (nSPS) is 20.4. The highest BCUT2D eigenvalue weighted by atomic mass is 32.3. The van der Waals surface area contributed by atoms with Crippen LogP contribution in [-0.4, -0.2) is 45.3 Å². The Kier molecular flexibility index (Phi) is 8.78. The molecule has 2 aromatic carbocycles. The van der Waals surface area contributed by atoms with E-state index in [4.69, 9.17) is 9.84 Å². The van der Waals surface area contributed by atoms with Crippen molar-refractivity contribution in [3.05, 3.63) is 42.2 Å². The van der Waals surface area contributed by atoms with Gasteiger partial charge in [-0.15, -0.1) is 11.8 Å². The van der Waals surface area contributed by atoms with Gasteiger partial charge in [0.05, 0.1) is 28.5 Å². The summed E-state index contributed by atoms with van der Waals surface area (Å²) in [7, 11) is -3.19. The predicted octanol–water partition coefficient (Wildman–Crippen LogP) is 7.25. The summed E-state index contributed by atoms with van der Waals surface area (Å²) in [5, 5.41) is 8.97. The van der Waals surface area contributed by atoms with Gasteiger partial charge in [-0.3, -0.25) is 13.9 Å². The molecule has 0 spiro atoms. The Hall–Kier alpha value is -1.94. The maximum Gasteiger partial charge on any atom is 0.306 e. The van der Waals surface area contributed by atoms with Crippen molar-refractivity contribution in [1.29, 1.82) is 0 Å². The van der Waals surface area contributed by atoms with E-state index in [1.807, 2.05) is 12.3 Å². The number of fused-ring (bicyclic) bond motifs is 1. The summed E-state index contributed by atoms with van der Waals surface area (Å²) in [6.45, 7) is 4.76. The molecule has 0 aliphatic carbocycles. The quantitative estimate of drug-likeness (QED) is 0.289. The lowest BCUT2D eigenvalue weighted by atomic mass is 9.81. The molecule has 0 saturated heterocycles. The van der Waals surface area contributed by atoms with Gasteiger partial charge in [0, 0.05) is 29.5 Å². The van der Waals surface area contributed by atoms with E-state index in [0.717, 1.165) is 36.3 Å². The first-order valence-corrected chi connectivity index (χ1v) is 14.4. The number of benzene rings is 2. The molecule has 0 saturated carbocycles. The highest BCUT2D eigenvalue weighted by Gasteiger charge is 2.42. The molecular formula is C25H34FNO5S2. The van der Waals surface area contributed by atoms with Crippen molar-refractivity contribution in [3.8, 4) is 5.75 Å². The first kappa shape index (κ1) is 26.7. The third-order valence-corrected chi connectivity index (χ3v) is 9.22.